The van der Waals surface area contributed by atoms with Gasteiger partial charge in [-0.3, -0.25) is 14.2 Å². The van der Waals surface area contributed by atoms with Gasteiger partial charge in [-0.15, -0.1) is 0 Å². The third kappa shape index (κ3) is 5.08. The van der Waals surface area contributed by atoms with Gasteiger partial charge in [0.2, 0.25) is 5.91 Å². The number of hydrogen-bond donors (Lipinski definition) is 1. The summed E-state index contributed by atoms with van der Waals surface area (Å²) in [7, 11) is 0. The summed E-state index contributed by atoms with van der Waals surface area (Å²) in [6, 6.07) is 11.4. The molecule has 1 amide bonds. The van der Waals surface area contributed by atoms with Crippen LogP contribution in [-0.4, -0.2) is 54.1 Å². The fraction of sp³-hybridized carbons (Fsp3) is 0.375. The van der Waals surface area contributed by atoms with E-state index in [9.17, 15) is 14.7 Å². The minimum atomic E-state index is -1.05. The van der Waals surface area contributed by atoms with E-state index in [1.54, 1.807) is 12.4 Å². The van der Waals surface area contributed by atoms with E-state index in [1.807, 2.05) is 35.2 Å². The summed E-state index contributed by atoms with van der Waals surface area (Å²) in [6.45, 7) is 3.14. The van der Waals surface area contributed by atoms with Crippen molar-refractivity contribution in [2.75, 3.05) is 13.1 Å². The van der Waals surface area contributed by atoms with Crippen molar-refractivity contribution < 1.29 is 9.90 Å². The summed E-state index contributed by atoms with van der Waals surface area (Å²) < 4.78 is 1.42. The fourth-order valence-electron chi connectivity index (χ4n) is 4.07. The van der Waals surface area contributed by atoms with E-state index < -0.39 is 5.60 Å². The second-order valence-electron chi connectivity index (χ2n) is 8.49. The number of carbonyl (C=O) groups is 1. The Labute approximate surface area is 186 Å². The summed E-state index contributed by atoms with van der Waals surface area (Å²) in [4.78, 5) is 39.3. The monoisotopic (exact) mass is 433 g/mol. The minimum Gasteiger partial charge on any atom is -0.388 e. The molecule has 1 unspecified atom stereocenters. The van der Waals surface area contributed by atoms with E-state index in [0.717, 1.165) is 5.56 Å². The van der Waals surface area contributed by atoms with Gasteiger partial charge in [-0.25, -0.2) is 15.0 Å². The summed E-state index contributed by atoms with van der Waals surface area (Å²) >= 11 is 0. The van der Waals surface area contributed by atoms with Gasteiger partial charge in [0.25, 0.3) is 5.56 Å². The van der Waals surface area contributed by atoms with Crippen LogP contribution in [0.5, 0.6) is 0 Å². The Morgan fingerprint density at radius 3 is 2.50 bits per heavy atom. The quantitative estimate of drug-likeness (QED) is 0.640. The van der Waals surface area contributed by atoms with E-state index in [4.69, 9.17) is 0 Å². The van der Waals surface area contributed by atoms with Gasteiger partial charge in [-0.2, -0.15) is 0 Å². The molecule has 0 aliphatic carbocycles. The van der Waals surface area contributed by atoms with E-state index >= 15 is 0 Å². The zero-order valence-corrected chi connectivity index (χ0v) is 18.1. The maximum atomic E-state index is 12.7. The summed E-state index contributed by atoms with van der Waals surface area (Å²) in [5, 5.41) is 11.0. The molecule has 0 bridgehead atoms. The Kier molecular flexibility index (Phi) is 6.41. The molecule has 3 heterocycles. The Hall–Kier alpha value is -3.39. The first-order chi connectivity index (χ1) is 15.4. The van der Waals surface area contributed by atoms with Crippen LogP contribution in [0.15, 0.2) is 66.2 Å². The van der Waals surface area contributed by atoms with Crippen molar-refractivity contribution in [1.82, 2.24) is 24.4 Å². The van der Waals surface area contributed by atoms with Crippen molar-refractivity contribution in [2.24, 2.45) is 0 Å². The van der Waals surface area contributed by atoms with Crippen molar-refractivity contribution in [1.29, 1.82) is 0 Å². The number of aromatic nitrogens is 4. The van der Waals surface area contributed by atoms with Gasteiger partial charge >= 0.3 is 0 Å². The predicted octanol–water partition coefficient (Wildman–Crippen LogP) is 2.25. The highest BCUT2D eigenvalue weighted by Crippen LogP contribution is 2.26. The lowest BCUT2D eigenvalue weighted by molar-refractivity contribution is -0.136. The van der Waals surface area contributed by atoms with Crippen LogP contribution in [-0.2, 0) is 11.3 Å². The van der Waals surface area contributed by atoms with Gasteiger partial charge in [-0.05, 0) is 24.3 Å². The summed E-state index contributed by atoms with van der Waals surface area (Å²) in [6.07, 6.45) is 7.33. The SMILES string of the molecule is CC(CC(=O)N1CCC(O)(Cn2cnc(-c3cncnc3)cc2=O)CC1)c1ccccc1. The molecule has 1 aliphatic rings. The van der Waals surface area contributed by atoms with E-state index in [1.165, 1.54) is 23.3 Å². The second kappa shape index (κ2) is 9.40. The molecule has 1 saturated heterocycles. The molecule has 1 atom stereocenters. The number of likely N-dealkylation sites (tertiary alicyclic amines) is 1. The number of benzene rings is 1. The Morgan fingerprint density at radius 2 is 1.84 bits per heavy atom. The van der Waals surface area contributed by atoms with Crippen molar-refractivity contribution in [3.8, 4) is 11.3 Å². The molecule has 3 aromatic rings. The van der Waals surface area contributed by atoms with Crippen LogP contribution in [0.1, 0.15) is 37.7 Å². The molecule has 1 aromatic carbocycles. The van der Waals surface area contributed by atoms with Gasteiger partial charge in [-0.1, -0.05) is 37.3 Å². The normalized spacial score (nSPS) is 16.5. The first-order valence-electron chi connectivity index (χ1n) is 10.8. The highest BCUT2D eigenvalue weighted by atomic mass is 16.3. The Bertz CT molecular complexity index is 1110. The molecule has 8 heteroatoms. The van der Waals surface area contributed by atoms with Crippen LogP contribution >= 0.6 is 0 Å². The topological polar surface area (TPSA) is 101 Å². The van der Waals surface area contributed by atoms with Gasteiger partial charge in [0.1, 0.15) is 6.33 Å². The molecule has 0 saturated carbocycles. The van der Waals surface area contributed by atoms with Crippen molar-refractivity contribution in [2.45, 2.75) is 44.2 Å². The fourth-order valence-corrected chi connectivity index (χ4v) is 4.07. The largest absolute Gasteiger partial charge is 0.388 e. The van der Waals surface area contributed by atoms with Crippen molar-refractivity contribution in [3.05, 3.63) is 77.4 Å². The van der Waals surface area contributed by atoms with E-state index in [-0.39, 0.29) is 23.9 Å². The molecule has 0 spiro atoms. The molecule has 2 aromatic heterocycles. The number of aliphatic hydroxyl groups is 1. The standard InChI is InChI=1S/C24H27N5O3/c1-18(19-5-3-2-4-6-19)11-22(30)28-9-7-24(32,8-10-28)15-29-17-27-21(12-23(29)31)20-13-25-16-26-14-20/h2-6,12-14,16-18,32H,7-11,15H2,1H3. The molecular weight excluding hydrogens is 406 g/mol. The number of carbonyl (C=O) groups excluding carboxylic acids is 1. The van der Waals surface area contributed by atoms with Crippen molar-refractivity contribution in [3.63, 3.8) is 0 Å². The lowest BCUT2D eigenvalue weighted by Gasteiger charge is -2.38. The van der Waals surface area contributed by atoms with Crippen LogP contribution in [0.2, 0.25) is 0 Å². The first-order valence-corrected chi connectivity index (χ1v) is 10.8. The maximum Gasteiger partial charge on any atom is 0.253 e. The van der Waals surface area contributed by atoms with E-state index in [2.05, 4.69) is 21.9 Å². The number of nitrogens with zero attached hydrogens (tertiary/aromatic N) is 5. The molecule has 8 nitrogen and oxygen atoms in total. The van der Waals surface area contributed by atoms with Gasteiger partial charge < -0.3 is 10.0 Å². The summed E-state index contributed by atoms with van der Waals surface area (Å²) in [5.74, 6) is 0.236. The van der Waals surface area contributed by atoms with Crippen molar-refractivity contribution >= 4 is 5.91 Å². The molecule has 1 N–H and O–H groups in total. The van der Waals surface area contributed by atoms with Gasteiger partial charge in [0, 0.05) is 43.5 Å². The number of hydrogen-bond acceptors (Lipinski definition) is 6. The minimum absolute atomic E-state index is 0.0941. The molecule has 0 radical (unpaired) electrons. The first kappa shape index (κ1) is 21.8. The molecule has 32 heavy (non-hydrogen) atoms. The molecule has 1 fully saturated rings. The predicted molar refractivity (Wildman–Crippen MR) is 120 cm³/mol. The maximum absolute atomic E-state index is 12.7. The van der Waals surface area contributed by atoms with Gasteiger partial charge in [0.05, 0.1) is 24.2 Å². The second-order valence-corrected chi connectivity index (χ2v) is 8.49. The number of amides is 1. The zero-order valence-electron chi connectivity index (χ0n) is 18.1. The molecule has 166 valence electrons. The van der Waals surface area contributed by atoms with Crippen LogP contribution in [0.3, 0.4) is 0 Å². The smallest absolute Gasteiger partial charge is 0.253 e. The lowest BCUT2D eigenvalue weighted by atomic mass is 9.90. The zero-order chi connectivity index (χ0) is 22.6. The van der Waals surface area contributed by atoms with Crippen LogP contribution in [0, 0.1) is 0 Å². The average molecular weight is 434 g/mol. The Balaban J connectivity index is 1.35. The third-order valence-corrected chi connectivity index (χ3v) is 6.10. The van der Waals surface area contributed by atoms with E-state index in [0.29, 0.717) is 43.6 Å². The lowest BCUT2D eigenvalue weighted by Crippen LogP contribution is -2.49. The molecule has 4 rings (SSSR count). The third-order valence-electron chi connectivity index (χ3n) is 6.10. The van der Waals surface area contributed by atoms with Crippen LogP contribution in [0.4, 0.5) is 0 Å². The number of rotatable bonds is 6. The van der Waals surface area contributed by atoms with Crippen LogP contribution < -0.4 is 5.56 Å². The van der Waals surface area contributed by atoms with Gasteiger partial charge in [0.15, 0.2) is 0 Å². The highest BCUT2D eigenvalue weighted by molar-refractivity contribution is 5.77. The average Bonchev–Trinajstić information content (AvgIpc) is 2.82. The highest BCUT2D eigenvalue weighted by Gasteiger charge is 2.34. The van der Waals surface area contributed by atoms with Crippen LogP contribution in [0.25, 0.3) is 11.3 Å². The summed E-state index contributed by atoms with van der Waals surface area (Å²) in [5.41, 5.74) is 0.998. The number of piperidine rings is 1. The Morgan fingerprint density at radius 1 is 1.16 bits per heavy atom. The molecule has 1 aliphatic heterocycles. The molecular formula is C24H27N5O3.